The molecule has 2 amide bonds. The zero-order valence-electron chi connectivity index (χ0n) is 6.17. The van der Waals surface area contributed by atoms with Gasteiger partial charge in [0.2, 0.25) is 5.91 Å². The molecule has 0 unspecified atom stereocenters. The molecule has 0 spiro atoms. The van der Waals surface area contributed by atoms with Crippen molar-refractivity contribution >= 4 is 22.9 Å². The minimum atomic E-state index is -2.05. The second-order valence-corrected chi connectivity index (χ2v) is 2.09. The minimum absolute atomic E-state index is 0.410. The van der Waals surface area contributed by atoms with Gasteiger partial charge in [0.25, 0.3) is 5.24 Å². The lowest BCUT2D eigenvalue weighted by atomic mass is 10.6. The molecule has 0 aliphatic carbocycles. The topological polar surface area (TPSA) is 37.4 Å². The number of nitrogens with zero attached hydrogens (tertiary/aromatic N) is 1. The number of carbonyl (C=O) groups is 2. The van der Waals surface area contributed by atoms with Crippen LogP contribution in [0.2, 0.25) is 0 Å². The molecule has 3 nitrogen and oxygen atoms in total. The van der Waals surface area contributed by atoms with Gasteiger partial charge in [-0.3, -0.25) is 14.5 Å². The highest BCUT2D eigenvalue weighted by molar-refractivity contribution is 8.14. The van der Waals surface area contributed by atoms with Crippen LogP contribution in [0.4, 0.5) is 4.79 Å². The zero-order chi connectivity index (χ0) is 7.94. The van der Waals surface area contributed by atoms with Gasteiger partial charge in [-0.25, -0.2) is 0 Å². The van der Waals surface area contributed by atoms with Crippen LogP contribution < -0.4 is 0 Å². The summed E-state index contributed by atoms with van der Waals surface area (Å²) in [5.41, 5.74) is -2.05. The first kappa shape index (κ1) is 3.50. The van der Waals surface area contributed by atoms with Crippen molar-refractivity contribution in [3.63, 3.8) is 0 Å². The third kappa shape index (κ3) is 0.709. The molecule has 0 saturated carbocycles. The van der Waals surface area contributed by atoms with E-state index in [9.17, 15) is 9.59 Å². The van der Waals surface area contributed by atoms with Gasteiger partial charge in [-0.05, 0) is 0 Å². The fraction of sp³-hybridized carbons (Fsp3) is 0.500. The Bertz CT molecular complexity index is 205. The lowest BCUT2D eigenvalue weighted by Crippen LogP contribution is -2.22. The van der Waals surface area contributed by atoms with E-state index in [1.54, 1.807) is 0 Å². The molecule has 0 radical (unpaired) electrons. The molecule has 1 saturated heterocycles. The van der Waals surface area contributed by atoms with Gasteiger partial charge in [-0.1, -0.05) is 11.8 Å². The van der Waals surface area contributed by atoms with Gasteiger partial charge in [-0.15, -0.1) is 0 Å². The van der Waals surface area contributed by atoms with E-state index >= 15 is 0 Å². The van der Waals surface area contributed by atoms with Crippen LogP contribution in [0.5, 0.6) is 0 Å². The quantitative estimate of drug-likeness (QED) is 0.477. The lowest BCUT2D eigenvalue weighted by Gasteiger charge is -1.99. The monoisotopic (exact) mass is 133 g/mol. The Morgan fingerprint density at radius 2 is 2.50 bits per heavy atom. The van der Waals surface area contributed by atoms with Crippen molar-refractivity contribution in [2.24, 2.45) is 0 Å². The Kier molecular flexibility index (Phi) is 0.778. The Morgan fingerprint density at radius 3 is 2.62 bits per heavy atom. The first-order valence-corrected chi connectivity index (χ1v) is 2.78. The predicted molar refractivity (Wildman–Crippen MR) is 30.6 cm³/mol. The summed E-state index contributed by atoms with van der Waals surface area (Å²) in [5.74, 6) is -0.775. The smallest absolute Gasteiger partial charge is 0.276 e. The maximum atomic E-state index is 10.7. The fourth-order valence-corrected chi connectivity index (χ4v) is 0.839. The van der Waals surface area contributed by atoms with Crippen molar-refractivity contribution in [2.45, 2.75) is 0 Å². The van der Waals surface area contributed by atoms with Crippen molar-refractivity contribution in [3.8, 4) is 0 Å². The highest BCUT2D eigenvalue weighted by Gasteiger charge is 2.25. The van der Waals surface area contributed by atoms with Gasteiger partial charge >= 0.3 is 0 Å². The van der Waals surface area contributed by atoms with Crippen molar-refractivity contribution < 1.29 is 12.3 Å². The van der Waals surface area contributed by atoms with Crippen LogP contribution in [0.1, 0.15) is 2.74 Å². The van der Waals surface area contributed by atoms with E-state index in [0.717, 1.165) is 4.90 Å². The molecule has 0 atom stereocenters. The molecule has 1 rings (SSSR count). The molecule has 0 bridgehead atoms. The molecular formula is C4H5NO2S. The molecule has 0 N–H and O–H groups in total. The van der Waals surface area contributed by atoms with Crippen LogP contribution in [-0.2, 0) is 4.79 Å². The summed E-state index contributed by atoms with van der Waals surface area (Å²) >= 11 is 0.410. The van der Waals surface area contributed by atoms with Gasteiger partial charge in [0, 0.05) is 9.79 Å². The average molecular weight is 133 g/mol. The van der Waals surface area contributed by atoms with E-state index in [-0.39, 0.29) is 0 Å². The Balaban J connectivity index is 2.92. The standard InChI is InChI=1S/C4H5NO2S/c1-5-3(6)2-8-4(5)7/h2H2,1H3/i2D2. The van der Waals surface area contributed by atoms with Crippen LogP contribution in [0.15, 0.2) is 0 Å². The molecule has 0 aromatic heterocycles. The summed E-state index contributed by atoms with van der Waals surface area (Å²) in [6.45, 7) is 0. The summed E-state index contributed by atoms with van der Waals surface area (Å²) in [4.78, 5) is 22.2. The first-order chi connectivity index (χ1) is 4.45. The van der Waals surface area contributed by atoms with Crippen molar-refractivity contribution in [3.05, 3.63) is 0 Å². The summed E-state index contributed by atoms with van der Waals surface area (Å²) in [7, 11) is 1.27. The normalized spacial score (nSPS) is 30.4. The van der Waals surface area contributed by atoms with E-state index in [0.29, 0.717) is 11.8 Å². The van der Waals surface area contributed by atoms with Crippen LogP contribution >= 0.6 is 11.8 Å². The van der Waals surface area contributed by atoms with Gasteiger partial charge in [0.15, 0.2) is 0 Å². The number of hydrogen-bond acceptors (Lipinski definition) is 3. The highest BCUT2D eigenvalue weighted by atomic mass is 32.2. The predicted octanol–water partition coefficient (Wildman–Crippen LogP) is 0.312. The van der Waals surface area contributed by atoms with E-state index in [1.807, 2.05) is 0 Å². The van der Waals surface area contributed by atoms with Crippen molar-refractivity contribution in [2.75, 3.05) is 12.8 Å². The summed E-state index contributed by atoms with van der Waals surface area (Å²) in [6, 6.07) is 0. The van der Waals surface area contributed by atoms with E-state index < -0.39 is 16.9 Å². The number of imide groups is 1. The van der Waals surface area contributed by atoms with Gasteiger partial charge in [-0.2, -0.15) is 0 Å². The molecule has 1 heterocycles. The second-order valence-electron chi connectivity index (χ2n) is 1.33. The average Bonchev–Trinajstić information content (AvgIpc) is 1.95. The molecule has 1 aliphatic heterocycles. The summed E-state index contributed by atoms with van der Waals surface area (Å²) in [5, 5.41) is -0.532. The number of rotatable bonds is 0. The number of amides is 2. The third-order valence-corrected chi connectivity index (χ3v) is 1.53. The van der Waals surface area contributed by atoms with Crippen LogP contribution in [0.25, 0.3) is 0 Å². The molecular weight excluding hydrogens is 126 g/mol. The third-order valence-electron chi connectivity index (χ3n) is 0.804. The van der Waals surface area contributed by atoms with Crippen LogP contribution in [0, 0.1) is 0 Å². The highest BCUT2D eigenvalue weighted by Crippen LogP contribution is 2.15. The molecule has 4 heteroatoms. The number of carbonyl (C=O) groups excluding carboxylic acids is 2. The maximum absolute atomic E-state index is 10.7. The summed E-state index contributed by atoms with van der Waals surface area (Å²) in [6.07, 6.45) is 0. The maximum Gasteiger partial charge on any atom is 0.288 e. The lowest BCUT2D eigenvalue weighted by molar-refractivity contribution is -0.123. The second kappa shape index (κ2) is 1.78. The molecule has 44 valence electrons. The van der Waals surface area contributed by atoms with Gasteiger partial charge in [0.1, 0.15) is 0 Å². The Hall–Kier alpha value is -0.510. The van der Waals surface area contributed by atoms with Crippen molar-refractivity contribution in [1.29, 1.82) is 0 Å². The van der Waals surface area contributed by atoms with E-state index in [2.05, 4.69) is 0 Å². The van der Waals surface area contributed by atoms with Gasteiger partial charge < -0.3 is 0 Å². The fourth-order valence-electron chi connectivity index (χ4n) is 0.307. The Labute approximate surface area is 53.8 Å². The number of thioether (sulfide) groups is 1. The van der Waals surface area contributed by atoms with Crippen molar-refractivity contribution in [1.82, 2.24) is 4.90 Å². The zero-order valence-corrected chi connectivity index (χ0v) is 4.99. The van der Waals surface area contributed by atoms with E-state index in [4.69, 9.17) is 2.74 Å². The first-order valence-electron chi connectivity index (χ1n) is 2.96. The molecule has 8 heavy (non-hydrogen) atoms. The molecule has 0 aromatic carbocycles. The van der Waals surface area contributed by atoms with Crippen LogP contribution in [-0.4, -0.2) is 28.8 Å². The largest absolute Gasteiger partial charge is 0.288 e. The van der Waals surface area contributed by atoms with Gasteiger partial charge in [0.05, 0.1) is 5.70 Å². The number of hydrogen-bond donors (Lipinski definition) is 0. The summed E-state index contributed by atoms with van der Waals surface area (Å²) < 4.78 is 13.9. The van der Waals surface area contributed by atoms with Crippen LogP contribution in [0.3, 0.4) is 0 Å². The Morgan fingerprint density at radius 1 is 1.88 bits per heavy atom. The SMILES string of the molecule is [2H]C1([2H])SC(=O)N(C)C1=O. The van der Waals surface area contributed by atoms with E-state index in [1.165, 1.54) is 7.05 Å². The molecule has 0 aromatic rings. The molecule has 1 aliphatic rings. The minimum Gasteiger partial charge on any atom is -0.276 e. The molecule has 1 fully saturated rings.